The van der Waals surface area contributed by atoms with Gasteiger partial charge in [-0.1, -0.05) is 23.2 Å². The summed E-state index contributed by atoms with van der Waals surface area (Å²) < 4.78 is 5.50. The standard InChI is InChI=1S/C14H9Cl2NO4/c15-12-6-11(17(19)20)3-2-10(12)8-21-14-4-1-9(7-18)5-13(14)16/h1-7H,8H2. The number of hydrogen-bond acceptors (Lipinski definition) is 4. The van der Waals surface area contributed by atoms with E-state index in [4.69, 9.17) is 27.9 Å². The Balaban J connectivity index is 2.13. The minimum atomic E-state index is -0.522. The van der Waals surface area contributed by atoms with Crippen LogP contribution in [-0.4, -0.2) is 11.2 Å². The number of carbonyl (C=O) groups excluding carboxylic acids is 1. The van der Waals surface area contributed by atoms with Crippen molar-refractivity contribution in [2.24, 2.45) is 0 Å². The third-order valence-electron chi connectivity index (χ3n) is 2.72. The highest BCUT2D eigenvalue weighted by molar-refractivity contribution is 6.32. The Kier molecular flexibility index (Phi) is 4.77. The molecule has 0 fully saturated rings. The van der Waals surface area contributed by atoms with Crippen molar-refractivity contribution < 1.29 is 14.5 Å². The molecule has 7 heteroatoms. The van der Waals surface area contributed by atoms with Crippen LogP contribution in [0.4, 0.5) is 5.69 Å². The number of rotatable bonds is 5. The summed E-state index contributed by atoms with van der Waals surface area (Å²) in [6.07, 6.45) is 0.683. The minimum Gasteiger partial charge on any atom is -0.487 e. The summed E-state index contributed by atoms with van der Waals surface area (Å²) >= 11 is 11.9. The van der Waals surface area contributed by atoms with E-state index in [-0.39, 0.29) is 17.3 Å². The summed E-state index contributed by atoms with van der Waals surface area (Å²) in [5.41, 5.74) is 0.954. The molecule has 2 aromatic rings. The predicted octanol–water partition coefficient (Wildman–Crippen LogP) is 4.29. The van der Waals surface area contributed by atoms with E-state index in [1.165, 1.54) is 24.3 Å². The van der Waals surface area contributed by atoms with Gasteiger partial charge >= 0.3 is 0 Å². The molecule has 5 nitrogen and oxygen atoms in total. The lowest BCUT2D eigenvalue weighted by atomic mass is 10.2. The van der Waals surface area contributed by atoms with Crippen LogP contribution < -0.4 is 4.74 Å². The zero-order chi connectivity index (χ0) is 15.4. The summed E-state index contributed by atoms with van der Waals surface area (Å²) in [5.74, 6) is 0.400. The van der Waals surface area contributed by atoms with Gasteiger partial charge < -0.3 is 4.74 Å². The molecule has 0 radical (unpaired) electrons. The van der Waals surface area contributed by atoms with Crippen molar-refractivity contribution in [3.05, 3.63) is 67.7 Å². The van der Waals surface area contributed by atoms with Crippen LogP contribution in [0, 0.1) is 10.1 Å². The number of nitro groups is 1. The zero-order valence-corrected chi connectivity index (χ0v) is 12.1. The molecule has 0 amide bonds. The topological polar surface area (TPSA) is 69.4 Å². The Bertz CT molecular complexity index is 703. The number of ether oxygens (including phenoxy) is 1. The molecular formula is C14H9Cl2NO4. The molecule has 0 bridgehead atoms. The van der Waals surface area contributed by atoms with Crippen molar-refractivity contribution >= 4 is 35.2 Å². The molecule has 108 valence electrons. The lowest BCUT2D eigenvalue weighted by molar-refractivity contribution is -0.384. The number of nitro benzene ring substituents is 1. The highest BCUT2D eigenvalue weighted by Crippen LogP contribution is 2.28. The molecule has 0 heterocycles. The number of non-ortho nitro benzene ring substituents is 1. The molecule has 0 unspecified atom stereocenters. The fourth-order valence-electron chi connectivity index (χ4n) is 1.63. The molecule has 0 aliphatic carbocycles. The lowest BCUT2D eigenvalue weighted by Gasteiger charge is -2.09. The predicted molar refractivity (Wildman–Crippen MR) is 79.3 cm³/mol. The van der Waals surface area contributed by atoms with Gasteiger partial charge in [-0.25, -0.2) is 0 Å². The maximum atomic E-state index is 10.6. The maximum Gasteiger partial charge on any atom is 0.270 e. The second-order valence-electron chi connectivity index (χ2n) is 4.13. The van der Waals surface area contributed by atoms with Crippen molar-refractivity contribution in [1.29, 1.82) is 0 Å². The average Bonchev–Trinajstić information content (AvgIpc) is 2.46. The molecule has 2 aromatic carbocycles. The van der Waals surface area contributed by atoms with Gasteiger partial charge in [-0.05, 0) is 24.3 Å². The number of carbonyl (C=O) groups is 1. The summed E-state index contributed by atoms with van der Waals surface area (Å²) in [5, 5.41) is 11.2. The molecule has 2 rings (SSSR count). The smallest absolute Gasteiger partial charge is 0.270 e. The van der Waals surface area contributed by atoms with E-state index in [0.29, 0.717) is 28.2 Å². The Labute approximate surface area is 130 Å². The van der Waals surface area contributed by atoms with Crippen LogP contribution in [0.3, 0.4) is 0 Å². The van der Waals surface area contributed by atoms with Gasteiger partial charge in [-0.2, -0.15) is 0 Å². The van der Waals surface area contributed by atoms with E-state index in [1.807, 2.05) is 0 Å². The normalized spacial score (nSPS) is 10.2. The number of halogens is 2. The van der Waals surface area contributed by atoms with Gasteiger partial charge in [0.15, 0.2) is 0 Å². The third kappa shape index (κ3) is 3.71. The van der Waals surface area contributed by atoms with Crippen molar-refractivity contribution in [2.45, 2.75) is 6.61 Å². The Morgan fingerprint density at radius 3 is 2.48 bits per heavy atom. The van der Waals surface area contributed by atoms with Crippen LogP contribution in [0.1, 0.15) is 15.9 Å². The number of benzene rings is 2. The monoisotopic (exact) mass is 325 g/mol. The van der Waals surface area contributed by atoms with Crippen LogP contribution in [-0.2, 0) is 6.61 Å². The number of hydrogen-bond donors (Lipinski definition) is 0. The first-order valence-corrected chi connectivity index (χ1v) is 6.57. The maximum absolute atomic E-state index is 10.6. The molecule has 0 N–H and O–H groups in total. The second kappa shape index (κ2) is 6.56. The molecule has 0 saturated carbocycles. The van der Waals surface area contributed by atoms with E-state index in [1.54, 1.807) is 12.1 Å². The van der Waals surface area contributed by atoms with Gasteiger partial charge in [0.1, 0.15) is 18.6 Å². The number of nitrogens with zero attached hydrogens (tertiary/aromatic N) is 1. The van der Waals surface area contributed by atoms with Gasteiger partial charge in [0.25, 0.3) is 5.69 Å². The van der Waals surface area contributed by atoms with Gasteiger partial charge in [0.2, 0.25) is 0 Å². The Morgan fingerprint density at radius 1 is 1.14 bits per heavy atom. The highest BCUT2D eigenvalue weighted by atomic mass is 35.5. The summed E-state index contributed by atoms with van der Waals surface area (Å²) in [4.78, 5) is 20.7. The van der Waals surface area contributed by atoms with Gasteiger partial charge in [0.05, 0.1) is 15.0 Å². The van der Waals surface area contributed by atoms with Crippen LogP contribution >= 0.6 is 23.2 Å². The quantitative estimate of drug-likeness (QED) is 0.467. The van der Waals surface area contributed by atoms with Crippen LogP contribution in [0.2, 0.25) is 10.0 Å². The molecule has 0 saturated heterocycles. The van der Waals surface area contributed by atoms with Crippen molar-refractivity contribution in [3.63, 3.8) is 0 Å². The van der Waals surface area contributed by atoms with Gasteiger partial charge in [-0.15, -0.1) is 0 Å². The summed E-state index contributed by atoms with van der Waals surface area (Å²) in [6, 6.07) is 8.77. The molecule has 0 atom stereocenters. The minimum absolute atomic E-state index is 0.0860. The Hall–Kier alpha value is -2.11. The van der Waals surface area contributed by atoms with Gasteiger partial charge in [0, 0.05) is 23.3 Å². The van der Waals surface area contributed by atoms with Crippen LogP contribution in [0.15, 0.2) is 36.4 Å². The van der Waals surface area contributed by atoms with Crippen LogP contribution in [0.25, 0.3) is 0 Å². The number of aldehydes is 1. The third-order valence-corrected chi connectivity index (χ3v) is 3.37. The summed E-state index contributed by atoms with van der Waals surface area (Å²) in [7, 11) is 0. The first kappa shape index (κ1) is 15.3. The largest absolute Gasteiger partial charge is 0.487 e. The van der Waals surface area contributed by atoms with E-state index in [0.717, 1.165) is 0 Å². The molecular weight excluding hydrogens is 317 g/mol. The first-order valence-electron chi connectivity index (χ1n) is 5.81. The molecule has 0 spiro atoms. The van der Waals surface area contributed by atoms with Gasteiger partial charge in [-0.3, -0.25) is 14.9 Å². The fraction of sp³-hybridized carbons (Fsp3) is 0.0714. The Morgan fingerprint density at radius 2 is 1.90 bits per heavy atom. The molecule has 0 aliphatic rings. The second-order valence-corrected chi connectivity index (χ2v) is 4.94. The van der Waals surface area contributed by atoms with Crippen molar-refractivity contribution in [2.75, 3.05) is 0 Å². The van der Waals surface area contributed by atoms with E-state index >= 15 is 0 Å². The van der Waals surface area contributed by atoms with E-state index < -0.39 is 4.92 Å². The summed E-state index contributed by atoms with van der Waals surface area (Å²) in [6.45, 7) is 0.108. The molecule has 0 aliphatic heterocycles. The average molecular weight is 326 g/mol. The lowest BCUT2D eigenvalue weighted by Crippen LogP contribution is -1.98. The first-order chi connectivity index (χ1) is 10.0. The van der Waals surface area contributed by atoms with Crippen molar-refractivity contribution in [3.8, 4) is 5.75 Å². The SMILES string of the molecule is O=Cc1ccc(OCc2ccc([N+](=O)[O-])cc2Cl)c(Cl)c1. The van der Waals surface area contributed by atoms with E-state index in [2.05, 4.69) is 0 Å². The van der Waals surface area contributed by atoms with Crippen molar-refractivity contribution in [1.82, 2.24) is 0 Å². The van der Waals surface area contributed by atoms with Crippen LogP contribution in [0.5, 0.6) is 5.75 Å². The molecule has 0 aromatic heterocycles. The molecule has 21 heavy (non-hydrogen) atoms. The zero-order valence-electron chi connectivity index (χ0n) is 10.6. The fourth-order valence-corrected chi connectivity index (χ4v) is 2.10. The van der Waals surface area contributed by atoms with E-state index in [9.17, 15) is 14.9 Å². The highest BCUT2D eigenvalue weighted by Gasteiger charge is 2.10.